The Morgan fingerprint density at radius 2 is 1.57 bits per heavy atom. The third-order valence-electron chi connectivity index (χ3n) is 5.98. The number of carboxylic acid groups (broad SMARTS) is 1. The highest BCUT2D eigenvalue weighted by Gasteiger charge is 2.19. The first-order chi connectivity index (χ1) is 19.4. The summed E-state index contributed by atoms with van der Waals surface area (Å²) in [7, 11) is 1.53. The molecule has 40 heavy (non-hydrogen) atoms. The van der Waals surface area contributed by atoms with Gasteiger partial charge in [0.2, 0.25) is 0 Å². The molecule has 0 fully saturated rings. The molecule has 0 aromatic heterocycles. The lowest BCUT2D eigenvalue weighted by Crippen LogP contribution is -2.38. The first-order valence-electron chi connectivity index (χ1n) is 13.2. The number of benzene rings is 3. The monoisotopic (exact) mass is 551 g/mol. The van der Waals surface area contributed by atoms with E-state index in [0.717, 1.165) is 16.9 Å². The number of hydrogen-bond donors (Lipinski definition) is 1. The number of hydrogen-bond acceptors (Lipinski definition) is 7. The Kier molecular flexibility index (Phi) is 12.1. The van der Waals surface area contributed by atoms with Crippen molar-refractivity contribution in [1.29, 1.82) is 0 Å². The van der Waals surface area contributed by atoms with Crippen molar-refractivity contribution < 1.29 is 38.4 Å². The number of carbonyl (C=O) groups excluding carboxylic acids is 1. The zero-order chi connectivity index (χ0) is 28.7. The van der Waals surface area contributed by atoms with Crippen LogP contribution in [0.15, 0.2) is 72.8 Å². The molecule has 0 spiro atoms. The van der Waals surface area contributed by atoms with E-state index in [4.69, 9.17) is 23.7 Å². The molecule has 0 saturated heterocycles. The van der Waals surface area contributed by atoms with Crippen LogP contribution in [0, 0.1) is 6.92 Å². The zero-order valence-corrected chi connectivity index (χ0v) is 23.2. The Morgan fingerprint density at radius 3 is 2.25 bits per heavy atom. The molecule has 0 bridgehead atoms. The van der Waals surface area contributed by atoms with Crippen molar-refractivity contribution >= 4 is 12.1 Å². The largest absolute Gasteiger partial charge is 0.494 e. The van der Waals surface area contributed by atoms with Gasteiger partial charge in [-0.15, -0.1) is 0 Å². The highest BCUT2D eigenvalue weighted by atomic mass is 16.6. The number of aliphatic carboxylic acids is 1. The molecule has 3 aromatic rings. The van der Waals surface area contributed by atoms with Crippen molar-refractivity contribution in [2.75, 3.05) is 40.0 Å². The second-order valence-electron chi connectivity index (χ2n) is 9.00. The van der Waals surface area contributed by atoms with Gasteiger partial charge < -0.3 is 33.7 Å². The standard InChI is InChI=1S/C31H37NO8/c1-4-37-29(30(33)34)22-24-12-14-26(15-13-24)39-20-18-32(17-8-19-38-25-9-6-5-7-10-25)31(35)40-28-21-23(2)11-16-27(28)36-3/h5-7,9-16,21,29H,4,8,17-20,22H2,1-3H3,(H,33,34). The van der Waals surface area contributed by atoms with Gasteiger partial charge in [0.1, 0.15) is 18.1 Å². The fourth-order valence-corrected chi connectivity index (χ4v) is 3.91. The zero-order valence-electron chi connectivity index (χ0n) is 23.2. The van der Waals surface area contributed by atoms with Gasteiger partial charge in [0.05, 0.1) is 20.3 Å². The van der Waals surface area contributed by atoms with E-state index < -0.39 is 18.2 Å². The summed E-state index contributed by atoms with van der Waals surface area (Å²) >= 11 is 0. The van der Waals surface area contributed by atoms with Gasteiger partial charge in [0, 0.05) is 19.6 Å². The van der Waals surface area contributed by atoms with Crippen LogP contribution in [0.1, 0.15) is 24.5 Å². The van der Waals surface area contributed by atoms with Crippen LogP contribution in [-0.4, -0.2) is 68.2 Å². The fourth-order valence-electron chi connectivity index (χ4n) is 3.91. The van der Waals surface area contributed by atoms with Gasteiger partial charge >= 0.3 is 12.1 Å². The van der Waals surface area contributed by atoms with Gasteiger partial charge in [0.25, 0.3) is 0 Å². The maximum atomic E-state index is 13.1. The molecule has 0 radical (unpaired) electrons. The minimum absolute atomic E-state index is 0.232. The average Bonchev–Trinajstić information content (AvgIpc) is 2.95. The third kappa shape index (κ3) is 9.81. The predicted octanol–water partition coefficient (Wildman–Crippen LogP) is 5.38. The molecule has 0 aliphatic rings. The summed E-state index contributed by atoms with van der Waals surface area (Å²) in [4.78, 5) is 26.1. The van der Waals surface area contributed by atoms with E-state index in [-0.39, 0.29) is 19.6 Å². The van der Waals surface area contributed by atoms with Gasteiger partial charge in [-0.2, -0.15) is 0 Å². The first-order valence-corrected chi connectivity index (χ1v) is 13.2. The number of carboxylic acids is 1. The molecular formula is C31H37NO8. The summed E-state index contributed by atoms with van der Waals surface area (Å²) < 4.78 is 28.0. The molecular weight excluding hydrogens is 514 g/mol. The summed E-state index contributed by atoms with van der Waals surface area (Å²) in [5, 5.41) is 9.30. The number of ether oxygens (including phenoxy) is 5. The SMILES string of the molecule is CCOC(Cc1ccc(OCCN(CCCOc2ccccc2)C(=O)Oc2cc(C)ccc2OC)cc1)C(=O)O. The van der Waals surface area contributed by atoms with Crippen LogP contribution < -0.4 is 18.9 Å². The summed E-state index contributed by atoms with van der Waals surface area (Å²) in [5.41, 5.74) is 1.76. The maximum Gasteiger partial charge on any atom is 0.415 e. The number of carbonyl (C=O) groups is 2. The van der Waals surface area contributed by atoms with E-state index >= 15 is 0 Å². The van der Waals surface area contributed by atoms with E-state index in [2.05, 4.69) is 0 Å². The number of amides is 1. The number of nitrogens with zero attached hydrogens (tertiary/aromatic N) is 1. The van der Waals surface area contributed by atoms with Crippen molar-refractivity contribution in [2.45, 2.75) is 32.8 Å². The van der Waals surface area contributed by atoms with Gasteiger partial charge in [-0.25, -0.2) is 9.59 Å². The molecule has 214 valence electrons. The van der Waals surface area contributed by atoms with Crippen LogP contribution >= 0.6 is 0 Å². The Labute approximate surface area is 235 Å². The van der Waals surface area contributed by atoms with E-state index in [1.165, 1.54) is 7.11 Å². The Bertz CT molecular complexity index is 1200. The van der Waals surface area contributed by atoms with Gasteiger partial charge in [0.15, 0.2) is 17.6 Å². The highest BCUT2D eigenvalue weighted by Crippen LogP contribution is 2.28. The van der Waals surface area contributed by atoms with E-state index in [0.29, 0.717) is 43.4 Å². The lowest BCUT2D eigenvalue weighted by molar-refractivity contribution is -0.149. The summed E-state index contributed by atoms with van der Waals surface area (Å²) in [6.07, 6.45) is -0.558. The quantitative estimate of drug-likeness (QED) is 0.237. The molecule has 1 unspecified atom stereocenters. The molecule has 1 N–H and O–H groups in total. The van der Waals surface area contributed by atoms with Crippen LogP contribution in [0.2, 0.25) is 0 Å². The van der Waals surface area contributed by atoms with Gasteiger partial charge in [-0.3, -0.25) is 0 Å². The van der Waals surface area contributed by atoms with Crippen molar-refractivity contribution in [3.05, 3.63) is 83.9 Å². The molecule has 3 rings (SSSR count). The van der Waals surface area contributed by atoms with Crippen LogP contribution in [0.4, 0.5) is 4.79 Å². The maximum absolute atomic E-state index is 13.1. The van der Waals surface area contributed by atoms with E-state index in [9.17, 15) is 14.7 Å². The molecule has 0 aliphatic carbocycles. The van der Waals surface area contributed by atoms with Crippen LogP contribution in [0.5, 0.6) is 23.0 Å². The van der Waals surface area contributed by atoms with Gasteiger partial charge in [-0.05, 0) is 67.8 Å². The number of aryl methyl sites for hydroxylation is 1. The second kappa shape index (κ2) is 16.0. The summed E-state index contributed by atoms with van der Waals surface area (Å²) in [6.45, 7) is 5.35. The Hall–Kier alpha value is -4.24. The summed E-state index contributed by atoms with van der Waals surface area (Å²) in [6, 6.07) is 22.1. The third-order valence-corrected chi connectivity index (χ3v) is 5.98. The van der Waals surface area contributed by atoms with Gasteiger partial charge in [-0.1, -0.05) is 36.4 Å². The first kappa shape index (κ1) is 30.3. The topological polar surface area (TPSA) is 104 Å². The second-order valence-corrected chi connectivity index (χ2v) is 9.00. The molecule has 0 saturated carbocycles. The number of rotatable bonds is 16. The van der Waals surface area contributed by atoms with Crippen molar-refractivity contribution in [1.82, 2.24) is 4.90 Å². The summed E-state index contributed by atoms with van der Waals surface area (Å²) in [5.74, 6) is 1.20. The number of para-hydroxylation sites is 1. The molecule has 0 aliphatic heterocycles. The fraction of sp³-hybridized carbons (Fsp3) is 0.355. The smallest absolute Gasteiger partial charge is 0.415 e. The molecule has 1 amide bonds. The molecule has 9 heteroatoms. The minimum atomic E-state index is -0.994. The average molecular weight is 552 g/mol. The molecule has 0 heterocycles. The lowest BCUT2D eigenvalue weighted by Gasteiger charge is -2.23. The van der Waals surface area contributed by atoms with E-state index in [1.807, 2.05) is 43.3 Å². The normalized spacial score (nSPS) is 11.4. The molecule has 3 aromatic carbocycles. The Morgan fingerprint density at radius 1 is 0.875 bits per heavy atom. The van der Waals surface area contributed by atoms with Crippen molar-refractivity contribution in [3.8, 4) is 23.0 Å². The van der Waals surface area contributed by atoms with Crippen LogP contribution in [0.3, 0.4) is 0 Å². The van der Waals surface area contributed by atoms with Crippen molar-refractivity contribution in [3.63, 3.8) is 0 Å². The Balaban J connectivity index is 1.58. The van der Waals surface area contributed by atoms with Crippen LogP contribution in [0.25, 0.3) is 0 Å². The van der Waals surface area contributed by atoms with Crippen molar-refractivity contribution in [2.24, 2.45) is 0 Å². The lowest BCUT2D eigenvalue weighted by atomic mass is 10.1. The van der Waals surface area contributed by atoms with Crippen LogP contribution in [-0.2, 0) is 16.0 Å². The van der Waals surface area contributed by atoms with E-state index in [1.54, 1.807) is 48.2 Å². The minimum Gasteiger partial charge on any atom is -0.494 e. The predicted molar refractivity (Wildman–Crippen MR) is 151 cm³/mol. The highest BCUT2D eigenvalue weighted by molar-refractivity contribution is 5.73. The molecule has 1 atom stereocenters. The number of methoxy groups -OCH3 is 1. The molecule has 9 nitrogen and oxygen atoms in total.